The molecular weight excluding hydrogens is 244 g/mol. The zero-order valence-electron chi connectivity index (χ0n) is 12.5. The molecule has 0 bridgehead atoms. The summed E-state index contributed by atoms with van der Waals surface area (Å²) in [5, 5.41) is 0. The van der Waals surface area contributed by atoms with Crippen molar-refractivity contribution in [2.75, 3.05) is 25.6 Å². The highest BCUT2D eigenvalue weighted by molar-refractivity contribution is 7.93. The van der Waals surface area contributed by atoms with Crippen LogP contribution in [0.5, 0.6) is 0 Å². The summed E-state index contributed by atoms with van der Waals surface area (Å²) in [6.45, 7) is 6.91. The molecule has 18 heavy (non-hydrogen) atoms. The van der Waals surface area contributed by atoms with Crippen LogP contribution < -0.4 is 0 Å². The first-order chi connectivity index (χ1) is 8.19. The van der Waals surface area contributed by atoms with E-state index in [4.69, 9.17) is 0 Å². The molecule has 2 rings (SSSR count). The Morgan fingerprint density at radius 2 is 1.67 bits per heavy atom. The van der Waals surface area contributed by atoms with E-state index in [0.717, 1.165) is 37.2 Å². The topological polar surface area (TPSA) is 32.7 Å². The second-order valence-corrected chi connectivity index (χ2v) is 9.77. The van der Waals surface area contributed by atoms with Crippen molar-refractivity contribution in [2.45, 2.75) is 58.0 Å². The van der Waals surface area contributed by atoms with Gasteiger partial charge in [-0.05, 0) is 45.2 Å². The van der Waals surface area contributed by atoms with E-state index in [2.05, 4.69) is 44.1 Å². The monoisotopic (exact) mass is 272 g/mol. The number of hydrogen-bond donors (Lipinski definition) is 0. The molecule has 2 fully saturated rings. The number of hydrogen-bond acceptors (Lipinski definition) is 3. The van der Waals surface area contributed by atoms with Crippen LogP contribution in [0.2, 0.25) is 0 Å². The average molecular weight is 272 g/mol. The maximum Gasteiger partial charge on any atom is 0.0595 e. The molecule has 0 N–H and O–H groups in total. The van der Waals surface area contributed by atoms with Gasteiger partial charge in [-0.2, -0.15) is 0 Å². The third-order valence-corrected chi connectivity index (χ3v) is 7.18. The molecular formula is C14H28N2OS. The van der Waals surface area contributed by atoms with Crippen molar-refractivity contribution in [1.82, 2.24) is 4.90 Å². The van der Waals surface area contributed by atoms with Crippen molar-refractivity contribution in [1.29, 1.82) is 0 Å². The lowest BCUT2D eigenvalue weighted by molar-refractivity contribution is 0.0201. The van der Waals surface area contributed by atoms with Crippen LogP contribution in [0, 0.1) is 5.41 Å². The Morgan fingerprint density at radius 3 is 2.00 bits per heavy atom. The number of rotatable bonds is 2. The van der Waals surface area contributed by atoms with Gasteiger partial charge in [0, 0.05) is 26.8 Å². The van der Waals surface area contributed by atoms with Crippen LogP contribution in [-0.4, -0.2) is 46.3 Å². The van der Waals surface area contributed by atoms with Gasteiger partial charge in [0.25, 0.3) is 0 Å². The highest BCUT2D eigenvalue weighted by Crippen LogP contribution is 2.43. The first-order valence-corrected chi connectivity index (χ1v) is 8.93. The largest absolute Gasteiger partial charge is 0.303 e. The Morgan fingerprint density at radius 1 is 1.17 bits per heavy atom. The van der Waals surface area contributed by atoms with Gasteiger partial charge in [-0.25, -0.2) is 8.57 Å². The van der Waals surface area contributed by atoms with Crippen LogP contribution in [0.15, 0.2) is 4.36 Å². The third-order valence-electron chi connectivity index (χ3n) is 4.81. The van der Waals surface area contributed by atoms with E-state index < -0.39 is 9.73 Å². The molecule has 2 aliphatic rings. The second kappa shape index (κ2) is 4.48. The molecule has 1 saturated heterocycles. The zero-order chi connectivity index (χ0) is 13.6. The maximum absolute atomic E-state index is 12.7. The minimum atomic E-state index is -1.89. The van der Waals surface area contributed by atoms with E-state index >= 15 is 0 Å². The first-order valence-electron chi connectivity index (χ1n) is 7.08. The summed E-state index contributed by atoms with van der Waals surface area (Å²) in [6, 6.07) is 0.430. The van der Waals surface area contributed by atoms with Crippen LogP contribution in [0.1, 0.15) is 46.5 Å². The molecule has 1 aliphatic carbocycles. The lowest BCUT2D eigenvalue weighted by Crippen LogP contribution is -2.58. The standard InChI is InChI=1S/C14H28N2OS/c1-13(2,3)14(16(4)5)8-10-18(17,11-9-14)15-12-6-7-12/h12H,6-11H2,1-5H3. The van der Waals surface area contributed by atoms with Gasteiger partial charge >= 0.3 is 0 Å². The summed E-state index contributed by atoms with van der Waals surface area (Å²) in [4.78, 5) is 2.35. The fourth-order valence-corrected chi connectivity index (χ4v) is 5.79. The molecule has 0 aromatic carbocycles. The van der Waals surface area contributed by atoms with E-state index in [1.807, 2.05) is 0 Å². The molecule has 0 aromatic rings. The molecule has 4 heteroatoms. The fraction of sp³-hybridized carbons (Fsp3) is 1.00. The van der Waals surface area contributed by atoms with Crippen LogP contribution in [0.4, 0.5) is 0 Å². The third kappa shape index (κ3) is 2.60. The van der Waals surface area contributed by atoms with Crippen molar-refractivity contribution in [2.24, 2.45) is 9.78 Å². The SMILES string of the molecule is CN(C)C1(C(C)(C)C)CCS(=O)(=NC2CC2)CC1. The Hall–Kier alpha value is -0.0900. The normalized spacial score (nSPS) is 37.9. The van der Waals surface area contributed by atoms with E-state index in [9.17, 15) is 4.21 Å². The molecule has 0 spiro atoms. The van der Waals surface area contributed by atoms with Gasteiger partial charge in [0.15, 0.2) is 0 Å². The Kier molecular flexibility index (Phi) is 3.56. The first kappa shape index (κ1) is 14.3. The van der Waals surface area contributed by atoms with Crippen LogP contribution >= 0.6 is 0 Å². The summed E-state index contributed by atoms with van der Waals surface area (Å²) in [5.41, 5.74) is 0.393. The van der Waals surface area contributed by atoms with Crippen LogP contribution in [0.3, 0.4) is 0 Å². The summed E-state index contributed by atoms with van der Waals surface area (Å²) < 4.78 is 17.3. The van der Waals surface area contributed by atoms with Crippen molar-refractivity contribution in [3.8, 4) is 0 Å². The van der Waals surface area contributed by atoms with Crippen LogP contribution in [0.25, 0.3) is 0 Å². The molecule has 3 nitrogen and oxygen atoms in total. The van der Waals surface area contributed by atoms with Crippen molar-refractivity contribution in [3.63, 3.8) is 0 Å². The molecule has 106 valence electrons. The smallest absolute Gasteiger partial charge is 0.0595 e. The van der Waals surface area contributed by atoms with E-state index in [-0.39, 0.29) is 11.0 Å². The highest BCUT2D eigenvalue weighted by atomic mass is 32.2. The van der Waals surface area contributed by atoms with Gasteiger partial charge in [0.1, 0.15) is 0 Å². The Labute approximate surface area is 113 Å². The Balaban J connectivity index is 2.19. The van der Waals surface area contributed by atoms with Crippen molar-refractivity contribution in [3.05, 3.63) is 0 Å². The highest BCUT2D eigenvalue weighted by Gasteiger charge is 2.47. The van der Waals surface area contributed by atoms with Gasteiger partial charge in [0.2, 0.25) is 0 Å². The molecule has 0 aromatic heterocycles. The number of nitrogens with zero attached hydrogens (tertiary/aromatic N) is 2. The van der Waals surface area contributed by atoms with Crippen molar-refractivity contribution >= 4 is 9.73 Å². The molecule has 1 saturated carbocycles. The maximum atomic E-state index is 12.7. The minimum absolute atomic E-state index is 0.174. The van der Waals surface area contributed by atoms with Crippen LogP contribution in [-0.2, 0) is 9.73 Å². The van der Waals surface area contributed by atoms with Gasteiger partial charge < -0.3 is 4.90 Å². The van der Waals surface area contributed by atoms with Crippen molar-refractivity contribution < 1.29 is 4.21 Å². The predicted molar refractivity (Wildman–Crippen MR) is 78.4 cm³/mol. The minimum Gasteiger partial charge on any atom is -0.303 e. The molecule has 0 unspecified atom stereocenters. The molecule has 0 atom stereocenters. The molecule has 1 aliphatic heterocycles. The zero-order valence-corrected chi connectivity index (χ0v) is 13.3. The molecule has 1 heterocycles. The summed E-state index contributed by atoms with van der Waals surface area (Å²) in [7, 11) is 2.43. The lowest BCUT2D eigenvalue weighted by atomic mass is 9.69. The van der Waals surface area contributed by atoms with Gasteiger partial charge in [-0.1, -0.05) is 20.8 Å². The quantitative estimate of drug-likeness (QED) is 0.774. The Bertz CT molecular complexity index is 410. The molecule has 0 radical (unpaired) electrons. The second-order valence-electron chi connectivity index (χ2n) is 7.19. The summed E-state index contributed by atoms with van der Waals surface area (Å²) in [5.74, 6) is 1.58. The van der Waals surface area contributed by atoms with E-state index in [1.165, 1.54) is 0 Å². The molecule has 0 amide bonds. The predicted octanol–water partition coefficient (Wildman–Crippen LogP) is 2.76. The fourth-order valence-electron chi connectivity index (χ4n) is 3.31. The van der Waals surface area contributed by atoms with Gasteiger partial charge in [-0.15, -0.1) is 0 Å². The van der Waals surface area contributed by atoms with Gasteiger partial charge in [0.05, 0.1) is 6.04 Å². The van der Waals surface area contributed by atoms with E-state index in [1.54, 1.807) is 0 Å². The lowest BCUT2D eigenvalue weighted by Gasteiger charge is -2.52. The summed E-state index contributed by atoms with van der Waals surface area (Å²) in [6.07, 6.45) is 4.35. The van der Waals surface area contributed by atoms with E-state index in [0.29, 0.717) is 6.04 Å². The average Bonchev–Trinajstić information content (AvgIpc) is 3.00. The van der Waals surface area contributed by atoms with Gasteiger partial charge in [-0.3, -0.25) is 0 Å². The summed E-state index contributed by atoms with van der Waals surface area (Å²) >= 11 is 0.